The monoisotopic (exact) mass is 393 g/mol. The Morgan fingerprint density at radius 2 is 1.74 bits per heavy atom. The maximum absolute atomic E-state index is 5.76. The first-order chi connectivity index (χ1) is 8.93. The average molecular weight is 395 g/mol. The third-order valence-corrected chi connectivity index (χ3v) is 3.82. The molecule has 0 aliphatic rings. The van der Waals surface area contributed by atoms with Crippen LogP contribution < -0.4 is 10.1 Å². The van der Waals surface area contributed by atoms with E-state index in [2.05, 4.69) is 63.2 Å². The summed E-state index contributed by atoms with van der Waals surface area (Å²) in [4.78, 5) is 0. The van der Waals surface area contributed by atoms with Gasteiger partial charge in [0.2, 0.25) is 0 Å². The fourth-order valence-electron chi connectivity index (χ4n) is 1.44. The highest BCUT2D eigenvalue weighted by molar-refractivity contribution is 9.11. The lowest BCUT2D eigenvalue weighted by molar-refractivity contribution is 0.0711. The van der Waals surface area contributed by atoms with Gasteiger partial charge in [-0.2, -0.15) is 0 Å². The minimum absolute atomic E-state index is 0.0704. The van der Waals surface area contributed by atoms with Crippen LogP contribution in [0.5, 0.6) is 5.75 Å². The maximum atomic E-state index is 5.76. The summed E-state index contributed by atoms with van der Waals surface area (Å²) in [7, 11) is 1.68. The average Bonchev–Trinajstić information content (AvgIpc) is 2.34. The number of hydrogen-bond acceptors (Lipinski definition) is 3. The molecule has 1 rings (SSSR count). The molecule has 0 radical (unpaired) electrons. The highest BCUT2D eigenvalue weighted by atomic mass is 79.9. The predicted molar refractivity (Wildman–Crippen MR) is 85.8 cm³/mol. The molecule has 0 heterocycles. The van der Waals surface area contributed by atoms with Gasteiger partial charge in [-0.15, -0.1) is 0 Å². The topological polar surface area (TPSA) is 30.5 Å². The zero-order chi connectivity index (χ0) is 14.4. The van der Waals surface area contributed by atoms with Crippen molar-refractivity contribution >= 4 is 31.9 Å². The molecule has 0 aromatic heterocycles. The molecule has 0 fully saturated rings. The third-order valence-electron chi connectivity index (χ3n) is 2.64. The van der Waals surface area contributed by atoms with Crippen molar-refractivity contribution in [3.63, 3.8) is 0 Å². The SMILES string of the molecule is COC(C)COc1c(Br)cc(CNC(C)C)cc1Br. The summed E-state index contributed by atoms with van der Waals surface area (Å²) in [6.07, 6.45) is 0.0704. The Balaban J connectivity index is 2.73. The summed E-state index contributed by atoms with van der Waals surface area (Å²) in [6, 6.07) is 4.62. The van der Waals surface area contributed by atoms with Crippen LogP contribution in [0.15, 0.2) is 21.1 Å². The van der Waals surface area contributed by atoms with Crippen LogP contribution >= 0.6 is 31.9 Å². The zero-order valence-corrected chi connectivity index (χ0v) is 15.0. The molecule has 1 N–H and O–H groups in total. The first-order valence-corrected chi connectivity index (χ1v) is 7.89. The van der Waals surface area contributed by atoms with Gasteiger partial charge in [0.1, 0.15) is 12.4 Å². The van der Waals surface area contributed by atoms with Crippen LogP contribution in [0, 0.1) is 0 Å². The van der Waals surface area contributed by atoms with Crippen molar-refractivity contribution in [2.24, 2.45) is 0 Å². The van der Waals surface area contributed by atoms with E-state index in [1.807, 2.05) is 6.92 Å². The van der Waals surface area contributed by atoms with Gasteiger partial charge in [-0.05, 0) is 56.5 Å². The maximum Gasteiger partial charge on any atom is 0.147 e. The Bertz CT molecular complexity index is 387. The van der Waals surface area contributed by atoms with Crippen LogP contribution in [-0.2, 0) is 11.3 Å². The summed E-state index contributed by atoms with van der Waals surface area (Å²) >= 11 is 7.11. The van der Waals surface area contributed by atoms with Crippen LogP contribution in [0.2, 0.25) is 0 Å². The van der Waals surface area contributed by atoms with Gasteiger partial charge >= 0.3 is 0 Å². The number of nitrogens with one attached hydrogen (secondary N) is 1. The van der Waals surface area contributed by atoms with Crippen molar-refractivity contribution in [2.45, 2.75) is 39.5 Å². The Labute approximate surface area is 132 Å². The number of halogens is 2. The van der Waals surface area contributed by atoms with Gasteiger partial charge in [0, 0.05) is 19.7 Å². The molecule has 0 aliphatic heterocycles. The summed E-state index contributed by atoms with van der Waals surface area (Å²) in [6.45, 7) is 7.60. The first-order valence-electron chi connectivity index (χ1n) is 6.31. The second kappa shape index (κ2) is 8.25. The van der Waals surface area contributed by atoms with E-state index >= 15 is 0 Å². The van der Waals surface area contributed by atoms with Crippen molar-refractivity contribution < 1.29 is 9.47 Å². The van der Waals surface area contributed by atoms with Gasteiger partial charge in [-0.3, -0.25) is 0 Å². The Morgan fingerprint density at radius 3 is 2.21 bits per heavy atom. The van der Waals surface area contributed by atoms with E-state index < -0.39 is 0 Å². The molecular weight excluding hydrogens is 374 g/mol. The molecule has 1 unspecified atom stereocenters. The summed E-state index contributed by atoms with van der Waals surface area (Å²) in [5.74, 6) is 0.817. The van der Waals surface area contributed by atoms with Crippen LogP contribution in [-0.4, -0.2) is 25.9 Å². The smallest absolute Gasteiger partial charge is 0.147 e. The molecule has 0 aliphatic carbocycles. The van der Waals surface area contributed by atoms with Gasteiger partial charge in [-0.1, -0.05) is 13.8 Å². The van der Waals surface area contributed by atoms with Crippen molar-refractivity contribution in [3.8, 4) is 5.75 Å². The molecule has 0 saturated heterocycles. The fourth-order valence-corrected chi connectivity index (χ4v) is 2.95. The Morgan fingerprint density at radius 1 is 1.16 bits per heavy atom. The largest absolute Gasteiger partial charge is 0.489 e. The summed E-state index contributed by atoms with van der Waals surface area (Å²) < 4.78 is 12.8. The highest BCUT2D eigenvalue weighted by Crippen LogP contribution is 2.35. The lowest BCUT2D eigenvalue weighted by atomic mass is 10.2. The molecule has 0 amide bonds. The van der Waals surface area contributed by atoms with E-state index in [1.165, 1.54) is 5.56 Å². The van der Waals surface area contributed by atoms with Gasteiger partial charge in [-0.25, -0.2) is 0 Å². The molecule has 3 nitrogen and oxygen atoms in total. The third kappa shape index (κ3) is 5.81. The molecule has 1 aromatic carbocycles. The number of ether oxygens (including phenoxy) is 2. The molecule has 0 spiro atoms. The number of rotatable bonds is 7. The van der Waals surface area contributed by atoms with E-state index in [-0.39, 0.29) is 6.10 Å². The second-order valence-electron chi connectivity index (χ2n) is 4.78. The van der Waals surface area contributed by atoms with Crippen LogP contribution in [0.25, 0.3) is 0 Å². The van der Waals surface area contributed by atoms with Gasteiger partial charge in [0.25, 0.3) is 0 Å². The molecule has 0 saturated carbocycles. The summed E-state index contributed by atoms with van der Waals surface area (Å²) in [5, 5.41) is 3.39. The first kappa shape index (κ1) is 17.0. The fraction of sp³-hybridized carbons (Fsp3) is 0.571. The number of methoxy groups -OCH3 is 1. The molecule has 108 valence electrons. The van der Waals surface area contributed by atoms with Gasteiger partial charge < -0.3 is 14.8 Å². The molecule has 1 atom stereocenters. The van der Waals surface area contributed by atoms with Gasteiger partial charge in [0.05, 0.1) is 15.0 Å². The predicted octanol–water partition coefficient (Wildman–Crippen LogP) is 4.12. The van der Waals surface area contributed by atoms with Crippen molar-refractivity contribution in [1.29, 1.82) is 0 Å². The van der Waals surface area contributed by atoms with E-state index in [4.69, 9.17) is 9.47 Å². The zero-order valence-electron chi connectivity index (χ0n) is 11.8. The van der Waals surface area contributed by atoms with Crippen LogP contribution in [0.1, 0.15) is 26.3 Å². The van der Waals surface area contributed by atoms with E-state index in [1.54, 1.807) is 7.11 Å². The van der Waals surface area contributed by atoms with E-state index in [0.29, 0.717) is 12.6 Å². The minimum atomic E-state index is 0.0704. The number of hydrogen-bond donors (Lipinski definition) is 1. The lowest BCUT2D eigenvalue weighted by Gasteiger charge is -2.16. The molecule has 5 heteroatoms. The molecule has 1 aromatic rings. The van der Waals surface area contributed by atoms with E-state index in [9.17, 15) is 0 Å². The van der Waals surface area contributed by atoms with Crippen LogP contribution in [0.3, 0.4) is 0 Å². The van der Waals surface area contributed by atoms with Gasteiger partial charge in [0.15, 0.2) is 0 Å². The lowest BCUT2D eigenvalue weighted by Crippen LogP contribution is -2.21. The molecule has 0 bridgehead atoms. The van der Waals surface area contributed by atoms with Crippen molar-refractivity contribution in [2.75, 3.05) is 13.7 Å². The van der Waals surface area contributed by atoms with Crippen molar-refractivity contribution in [1.82, 2.24) is 5.32 Å². The molecular formula is C14H21Br2NO2. The Kier molecular flexibility index (Phi) is 7.36. The standard InChI is InChI=1S/C14H21Br2NO2/c1-9(2)17-7-11-5-12(15)14(13(16)6-11)19-8-10(3)18-4/h5-6,9-10,17H,7-8H2,1-4H3. The van der Waals surface area contributed by atoms with E-state index in [0.717, 1.165) is 21.2 Å². The molecule has 19 heavy (non-hydrogen) atoms. The highest BCUT2D eigenvalue weighted by Gasteiger charge is 2.11. The second-order valence-corrected chi connectivity index (χ2v) is 6.49. The number of benzene rings is 1. The Hall–Kier alpha value is -0.100. The van der Waals surface area contributed by atoms with Crippen LogP contribution in [0.4, 0.5) is 0 Å². The quantitative estimate of drug-likeness (QED) is 0.754. The summed E-state index contributed by atoms with van der Waals surface area (Å²) in [5.41, 5.74) is 1.21. The normalized spacial score (nSPS) is 12.8. The minimum Gasteiger partial charge on any atom is -0.489 e. The van der Waals surface area contributed by atoms with Crippen molar-refractivity contribution in [3.05, 3.63) is 26.6 Å².